The van der Waals surface area contributed by atoms with Gasteiger partial charge in [0.1, 0.15) is 5.70 Å². The van der Waals surface area contributed by atoms with Gasteiger partial charge in [-0.2, -0.15) is 0 Å². The molecule has 0 bridgehead atoms. The summed E-state index contributed by atoms with van der Waals surface area (Å²) in [6.07, 6.45) is 1.38. The molecule has 3 rings (SSSR count). The Bertz CT molecular complexity index is 1270. The molecule has 170 valence electrons. The van der Waals surface area contributed by atoms with Gasteiger partial charge in [-0.3, -0.25) is 9.59 Å². The Hall–Kier alpha value is -3.50. The highest BCUT2D eigenvalue weighted by Crippen LogP contribution is 2.22. The van der Waals surface area contributed by atoms with Gasteiger partial charge >= 0.3 is 5.97 Å². The monoisotopic (exact) mass is 528 g/mol. The van der Waals surface area contributed by atoms with E-state index in [1.807, 2.05) is 13.0 Å². The van der Waals surface area contributed by atoms with Gasteiger partial charge in [0, 0.05) is 22.3 Å². The average molecular weight is 529 g/mol. The van der Waals surface area contributed by atoms with Crippen molar-refractivity contribution in [2.75, 3.05) is 5.73 Å². The molecule has 0 aliphatic carbocycles. The zero-order valence-corrected chi connectivity index (χ0v) is 20.2. The van der Waals surface area contributed by atoms with E-state index in [0.717, 1.165) is 10.6 Å². The second-order valence-corrected chi connectivity index (χ2v) is 9.21. The van der Waals surface area contributed by atoms with Crippen LogP contribution < -0.4 is 16.4 Å². The van der Waals surface area contributed by atoms with E-state index in [1.165, 1.54) is 35.6 Å². The van der Waals surface area contributed by atoms with Crippen molar-refractivity contribution in [3.63, 3.8) is 0 Å². The normalized spacial score (nSPS) is 11.2. The fraction of sp³-hybridized carbons (Fsp3) is 0.130. The molecule has 2 amide bonds. The summed E-state index contributed by atoms with van der Waals surface area (Å²) >= 11 is 4.63. The van der Waals surface area contributed by atoms with Gasteiger partial charge < -0.3 is 21.5 Å². The van der Waals surface area contributed by atoms with E-state index in [4.69, 9.17) is 5.73 Å². The molecule has 0 radical (unpaired) electrons. The first-order valence-corrected chi connectivity index (χ1v) is 11.4. The lowest BCUT2D eigenvalue weighted by atomic mass is 10.1. The van der Waals surface area contributed by atoms with Crippen LogP contribution in [0.15, 0.2) is 52.6 Å². The van der Waals surface area contributed by atoms with E-state index < -0.39 is 11.9 Å². The van der Waals surface area contributed by atoms with E-state index in [2.05, 4.69) is 31.5 Å². The number of aliphatic carboxylic acids is 1. The number of thiazole rings is 1. The Morgan fingerprint density at radius 3 is 2.52 bits per heavy atom. The molecule has 0 saturated carbocycles. The Balaban J connectivity index is 1.72. The minimum atomic E-state index is -1.28. The Kier molecular flexibility index (Phi) is 7.62. The Labute approximate surface area is 202 Å². The first-order chi connectivity index (χ1) is 15.6. The van der Waals surface area contributed by atoms with E-state index in [9.17, 15) is 19.5 Å². The number of nitrogens with zero attached hydrogens (tertiary/aromatic N) is 1. The molecular formula is C23H21BrN4O4S. The lowest BCUT2D eigenvalue weighted by Crippen LogP contribution is -2.28. The van der Waals surface area contributed by atoms with Crippen LogP contribution in [-0.2, 0) is 11.3 Å². The third kappa shape index (κ3) is 6.27. The summed E-state index contributed by atoms with van der Waals surface area (Å²) in [4.78, 5) is 41.8. The number of benzene rings is 2. The molecule has 1 aromatic heterocycles. The van der Waals surface area contributed by atoms with Crippen molar-refractivity contribution >= 4 is 56.8 Å². The molecule has 0 fully saturated rings. The quantitative estimate of drug-likeness (QED) is 0.271. The number of carboxylic acids is 1. The zero-order chi connectivity index (χ0) is 24.1. The number of halogens is 1. The largest absolute Gasteiger partial charge is 0.477 e. The topological polar surface area (TPSA) is 134 Å². The number of nitrogens with two attached hydrogens (primary N) is 1. The van der Waals surface area contributed by atoms with Crippen LogP contribution >= 0.6 is 27.3 Å². The highest BCUT2D eigenvalue weighted by atomic mass is 79.9. The van der Waals surface area contributed by atoms with E-state index >= 15 is 0 Å². The van der Waals surface area contributed by atoms with E-state index in [1.54, 1.807) is 25.1 Å². The molecule has 33 heavy (non-hydrogen) atoms. The SMILES string of the molecule is Cc1nc(C)c(/C=C(\NC(=O)c2ccc(C(=O)NCc3cccc(N)c3)cc2Br)C(=O)O)s1. The van der Waals surface area contributed by atoms with Crippen molar-refractivity contribution in [1.82, 2.24) is 15.6 Å². The molecule has 0 aliphatic heterocycles. The standard InChI is InChI=1S/C23H21BrN4O4S/c1-12-20(33-13(2)27-12)10-19(23(31)32)28-22(30)17-7-6-15(9-18(17)24)21(29)26-11-14-4-3-5-16(25)8-14/h3-10H,11,25H2,1-2H3,(H,26,29)(H,28,30)(H,31,32)/b19-10-. The maximum Gasteiger partial charge on any atom is 0.352 e. The van der Waals surface area contributed by atoms with Gasteiger partial charge in [0.25, 0.3) is 11.8 Å². The number of carbonyl (C=O) groups excluding carboxylic acids is 2. The van der Waals surface area contributed by atoms with Crippen LogP contribution in [0.3, 0.4) is 0 Å². The number of aryl methyl sites for hydroxylation is 2. The number of nitrogens with one attached hydrogen (secondary N) is 2. The summed E-state index contributed by atoms with van der Waals surface area (Å²) in [6, 6.07) is 11.6. The van der Waals surface area contributed by atoms with Crippen LogP contribution in [0.4, 0.5) is 5.69 Å². The van der Waals surface area contributed by atoms with Crippen LogP contribution in [0.25, 0.3) is 6.08 Å². The summed E-state index contributed by atoms with van der Waals surface area (Å²) in [7, 11) is 0. The molecule has 2 aromatic carbocycles. The second kappa shape index (κ2) is 10.4. The molecule has 0 saturated heterocycles. The van der Waals surface area contributed by atoms with Crippen LogP contribution in [0.1, 0.15) is 41.9 Å². The van der Waals surface area contributed by atoms with Gasteiger partial charge in [-0.05, 0) is 71.7 Å². The van der Waals surface area contributed by atoms with Crippen molar-refractivity contribution in [3.8, 4) is 0 Å². The highest BCUT2D eigenvalue weighted by molar-refractivity contribution is 9.10. The minimum Gasteiger partial charge on any atom is -0.477 e. The molecule has 0 atom stereocenters. The molecular weight excluding hydrogens is 508 g/mol. The van der Waals surface area contributed by atoms with Crippen molar-refractivity contribution < 1.29 is 19.5 Å². The number of carboxylic acid groups (broad SMARTS) is 1. The predicted octanol–water partition coefficient (Wildman–Crippen LogP) is 3.89. The van der Waals surface area contributed by atoms with Crippen LogP contribution in [0.5, 0.6) is 0 Å². The molecule has 10 heteroatoms. The first kappa shape index (κ1) is 24.1. The molecule has 0 aliphatic rings. The lowest BCUT2D eigenvalue weighted by molar-refractivity contribution is -0.132. The third-order valence-electron chi connectivity index (χ3n) is 4.57. The number of aromatic nitrogens is 1. The Morgan fingerprint density at radius 2 is 1.91 bits per heavy atom. The number of hydrogen-bond donors (Lipinski definition) is 4. The van der Waals surface area contributed by atoms with Crippen molar-refractivity contribution in [2.24, 2.45) is 0 Å². The smallest absolute Gasteiger partial charge is 0.352 e. The number of amides is 2. The molecule has 0 unspecified atom stereocenters. The summed E-state index contributed by atoms with van der Waals surface area (Å²) in [5.41, 5.74) is 8.14. The molecule has 0 spiro atoms. The summed E-state index contributed by atoms with van der Waals surface area (Å²) < 4.78 is 0.353. The van der Waals surface area contributed by atoms with Crippen molar-refractivity contribution in [2.45, 2.75) is 20.4 Å². The summed E-state index contributed by atoms with van der Waals surface area (Å²) in [5, 5.41) is 15.5. The number of nitrogen functional groups attached to an aromatic ring is 1. The van der Waals surface area contributed by atoms with Crippen LogP contribution in [0.2, 0.25) is 0 Å². The van der Waals surface area contributed by atoms with Crippen LogP contribution in [0, 0.1) is 13.8 Å². The maximum atomic E-state index is 12.7. The number of rotatable bonds is 7. The zero-order valence-electron chi connectivity index (χ0n) is 17.8. The van der Waals surface area contributed by atoms with Gasteiger partial charge in [0.15, 0.2) is 0 Å². The minimum absolute atomic E-state index is 0.187. The van der Waals surface area contributed by atoms with Crippen LogP contribution in [-0.4, -0.2) is 27.9 Å². The molecule has 5 N–H and O–H groups in total. The number of carbonyl (C=O) groups is 3. The fourth-order valence-corrected chi connectivity index (χ4v) is 4.41. The Morgan fingerprint density at radius 1 is 1.15 bits per heavy atom. The van der Waals surface area contributed by atoms with E-state index in [-0.39, 0.29) is 17.2 Å². The molecule has 8 nitrogen and oxygen atoms in total. The number of hydrogen-bond acceptors (Lipinski definition) is 6. The summed E-state index contributed by atoms with van der Waals surface area (Å²) in [5.74, 6) is -2.23. The predicted molar refractivity (Wildman–Crippen MR) is 131 cm³/mol. The number of anilines is 1. The van der Waals surface area contributed by atoms with Gasteiger partial charge in [-0.1, -0.05) is 12.1 Å². The summed E-state index contributed by atoms with van der Waals surface area (Å²) in [6.45, 7) is 3.88. The van der Waals surface area contributed by atoms with E-state index in [0.29, 0.717) is 32.8 Å². The maximum absolute atomic E-state index is 12.7. The highest BCUT2D eigenvalue weighted by Gasteiger charge is 2.18. The van der Waals surface area contributed by atoms with Crippen molar-refractivity contribution in [1.29, 1.82) is 0 Å². The molecule has 3 aromatic rings. The third-order valence-corrected chi connectivity index (χ3v) is 6.25. The van der Waals surface area contributed by atoms with Gasteiger partial charge in [-0.15, -0.1) is 11.3 Å². The lowest BCUT2D eigenvalue weighted by Gasteiger charge is -2.10. The van der Waals surface area contributed by atoms with Gasteiger partial charge in [0.2, 0.25) is 0 Å². The molecule has 1 heterocycles. The van der Waals surface area contributed by atoms with Gasteiger partial charge in [0.05, 0.1) is 21.1 Å². The van der Waals surface area contributed by atoms with Crippen molar-refractivity contribution in [3.05, 3.63) is 84.9 Å². The first-order valence-electron chi connectivity index (χ1n) is 9.76. The van der Waals surface area contributed by atoms with Gasteiger partial charge in [-0.25, -0.2) is 9.78 Å². The second-order valence-electron chi connectivity index (χ2n) is 7.12. The fourth-order valence-electron chi connectivity index (χ4n) is 2.98. The average Bonchev–Trinajstić information content (AvgIpc) is 3.07.